The predicted molar refractivity (Wildman–Crippen MR) is 240 cm³/mol. The molecule has 0 aliphatic heterocycles. The highest BCUT2D eigenvalue weighted by atomic mass is 16.5. The van der Waals surface area contributed by atoms with E-state index in [0.29, 0.717) is 11.8 Å². The fourth-order valence-electron chi connectivity index (χ4n) is 7.45. The summed E-state index contributed by atoms with van der Waals surface area (Å²) in [6.07, 6.45) is 1.97. The van der Waals surface area contributed by atoms with Gasteiger partial charge >= 0.3 is 0 Å². The van der Waals surface area contributed by atoms with Crippen molar-refractivity contribution in [2.75, 3.05) is 7.11 Å². The zero-order valence-electron chi connectivity index (χ0n) is 36.3. The molecule has 2 aromatic heterocycles. The van der Waals surface area contributed by atoms with Gasteiger partial charge in [0.05, 0.1) is 24.2 Å². The van der Waals surface area contributed by atoms with E-state index in [1.807, 2.05) is 18.3 Å². The van der Waals surface area contributed by atoms with E-state index < -0.39 is 0 Å². The Morgan fingerprint density at radius 2 is 0.964 bits per heavy atom. The summed E-state index contributed by atoms with van der Waals surface area (Å²) in [5.74, 6) is 1.56. The molecule has 2 heterocycles. The lowest BCUT2D eigenvalue weighted by atomic mass is 9.78. The molecule has 0 spiro atoms. The largest absolute Gasteiger partial charge is 0.496 e. The zero-order chi connectivity index (χ0) is 40.7. The molecule has 56 heavy (non-hydrogen) atoms. The van der Waals surface area contributed by atoms with Crippen LogP contribution in [0.5, 0.6) is 5.75 Å². The summed E-state index contributed by atoms with van der Waals surface area (Å²) in [6.45, 7) is 29.9. The van der Waals surface area contributed by atoms with E-state index in [1.54, 1.807) is 7.11 Å². The van der Waals surface area contributed by atoms with Crippen LogP contribution in [0.2, 0.25) is 0 Å². The highest BCUT2D eigenvalue weighted by molar-refractivity contribution is 5.82. The Kier molecular flexibility index (Phi) is 11.2. The molecule has 290 valence electrons. The number of nitrogens with zero attached hydrogens (tertiary/aromatic N) is 2. The standard InChI is InChI=1S/C53H62N2O/c1-33(2)44-31-42(53(11,12)13)32-45(34(3)4)50(44)37-22-23-54-46(27-37)35-18-17-19-36(24-35)47-28-39(29-48(55-47)43-20-15-16-21-49(43)56-14)38-25-40(51(5,6)7)30-41(26-38)52(8,9)10/h15-34H,1-14H3. The van der Waals surface area contributed by atoms with Gasteiger partial charge in [-0.15, -0.1) is 0 Å². The van der Waals surface area contributed by atoms with Gasteiger partial charge in [0.25, 0.3) is 0 Å². The molecule has 3 nitrogen and oxygen atoms in total. The smallest absolute Gasteiger partial charge is 0.128 e. The van der Waals surface area contributed by atoms with Gasteiger partial charge in [-0.2, -0.15) is 0 Å². The van der Waals surface area contributed by atoms with Crippen molar-refractivity contribution in [3.8, 4) is 61.8 Å². The summed E-state index contributed by atoms with van der Waals surface area (Å²) in [4.78, 5) is 10.3. The van der Waals surface area contributed by atoms with Crippen LogP contribution in [0.25, 0.3) is 56.0 Å². The lowest BCUT2D eigenvalue weighted by Gasteiger charge is -2.27. The van der Waals surface area contributed by atoms with E-state index in [0.717, 1.165) is 45.1 Å². The Morgan fingerprint density at radius 3 is 1.52 bits per heavy atom. The fraction of sp³-hybridized carbons (Fsp3) is 0.358. The van der Waals surface area contributed by atoms with E-state index in [9.17, 15) is 0 Å². The van der Waals surface area contributed by atoms with Gasteiger partial charge in [0.2, 0.25) is 0 Å². The molecule has 4 aromatic carbocycles. The van der Waals surface area contributed by atoms with Crippen molar-refractivity contribution in [1.82, 2.24) is 9.97 Å². The van der Waals surface area contributed by atoms with Crippen LogP contribution in [0.3, 0.4) is 0 Å². The first kappa shape index (κ1) is 40.6. The van der Waals surface area contributed by atoms with Crippen LogP contribution in [0.4, 0.5) is 0 Å². The normalized spacial score (nSPS) is 12.4. The van der Waals surface area contributed by atoms with Gasteiger partial charge in [-0.1, -0.05) is 151 Å². The van der Waals surface area contributed by atoms with E-state index in [2.05, 4.69) is 181 Å². The van der Waals surface area contributed by atoms with Crippen LogP contribution < -0.4 is 4.74 Å². The van der Waals surface area contributed by atoms with E-state index in [4.69, 9.17) is 14.7 Å². The second-order valence-corrected chi connectivity index (χ2v) is 19.2. The number of para-hydroxylation sites is 1. The first-order valence-electron chi connectivity index (χ1n) is 20.3. The summed E-state index contributed by atoms with van der Waals surface area (Å²) in [6, 6.07) is 37.7. The van der Waals surface area contributed by atoms with Crippen LogP contribution in [-0.4, -0.2) is 17.1 Å². The summed E-state index contributed by atoms with van der Waals surface area (Å²) in [5, 5.41) is 0. The van der Waals surface area contributed by atoms with Gasteiger partial charge in [0, 0.05) is 22.9 Å². The van der Waals surface area contributed by atoms with Gasteiger partial charge in [0.1, 0.15) is 5.75 Å². The van der Waals surface area contributed by atoms with E-state index >= 15 is 0 Å². The van der Waals surface area contributed by atoms with Crippen LogP contribution in [0.15, 0.2) is 109 Å². The second-order valence-electron chi connectivity index (χ2n) is 19.2. The monoisotopic (exact) mass is 742 g/mol. The van der Waals surface area contributed by atoms with Gasteiger partial charge in [-0.25, -0.2) is 4.98 Å². The van der Waals surface area contributed by atoms with Crippen LogP contribution >= 0.6 is 0 Å². The third kappa shape index (κ3) is 8.68. The number of hydrogen-bond acceptors (Lipinski definition) is 3. The van der Waals surface area contributed by atoms with E-state index in [1.165, 1.54) is 44.5 Å². The molecule has 3 heteroatoms. The van der Waals surface area contributed by atoms with Crippen LogP contribution in [-0.2, 0) is 16.2 Å². The maximum Gasteiger partial charge on any atom is 0.128 e. The number of rotatable bonds is 8. The summed E-state index contributed by atoms with van der Waals surface area (Å²) in [7, 11) is 1.73. The lowest BCUT2D eigenvalue weighted by molar-refractivity contribution is 0.416. The summed E-state index contributed by atoms with van der Waals surface area (Å²) in [5.41, 5.74) is 17.5. The van der Waals surface area contributed by atoms with Crippen molar-refractivity contribution in [3.63, 3.8) is 0 Å². The topological polar surface area (TPSA) is 35.0 Å². The molecule has 0 aliphatic carbocycles. The molecule has 0 N–H and O–H groups in total. The Labute approximate surface area is 337 Å². The Hall–Kier alpha value is -5.02. The average molecular weight is 743 g/mol. The van der Waals surface area contributed by atoms with Crippen molar-refractivity contribution in [1.29, 1.82) is 0 Å². The SMILES string of the molecule is COc1ccccc1-c1cc(-c2cc(C(C)(C)C)cc(C(C)(C)C)c2)cc(-c2cccc(-c3cc(-c4c(C(C)C)cc(C(C)(C)C)cc4C(C)C)ccn3)c2)n1. The number of benzene rings is 4. The van der Waals surface area contributed by atoms with Gasteiger partial charge in [-0.05, 0) is 121 Å². The maximum atomic E-state index is 5.86. The molecular formula is C53H62N2O. The lowest BCUT2D eigenvalue weighted by Crippen LogP contribution is -2.16. The highest BCUT2D eigenvalue weighted by Gasteiger charge is 2.24. The molecule has 6 aromatic rings. The van der Waals surface area contributed by atoms with Crippen molar-refractivity contribution < 1.29 is 4.74 Å². The third-order valence-corrected chi connectivity index (χ3v) is 11.0. The molecular weight excluding hydrogens is 681 g/mol. The minimum Gasteiger partial charge on any atom is -0.496 e. The first-order valence-corrected chi connectivity index (χ1v) is 20.3. The number of pyridine rings is 2. The number of methoxy groups -OCH3 is 1. The van der Waals surface area contributed by atoms with Crippen molar-refractivity contribution in [2.24, 2.45) is 0 Å². The van der Waals surface area contributed by atoms with Gasteiger partial charge < -0.3 is 4.74 Å². The number of aromatic nitrogens is 2. The Balaban J connectivity index is 1.53. The zero-order valence-corrected chi connectivity index (χ0v) is 36.3. The highest BCUT2D eigenvalue weighted by Crippen LogP contribution is 2.42. The van der Waals surface area contributed by atoms with Crippen molar-refractivity contribution in [2.45, 2.75) is 118 Å². The van der Waals surface area contributed by atoms with E-state index in [-0.39, 0.29) is 16.2 Å². The van der Waals surface area contributed by atoms with Gasteiger partial charge in [-0.3, -0.25) is 4.98 Å². The molecule has 0 unspecified atom stereocenters. The minimum absolute atomic E-state index is 0.00623. The predicted octanol–water partition coefficient (Wildman–Crippen LogP) is 15.0. The van der Waals surface area contributed by atoms with Crippen LogP contribution in [0, 0.1) is 0 Å². The molecule has 0 saturated heterocycles. The fourth-order valence-corrected chi connectivity index (χ4v) is 7.45. The van der Waals surface area contributed by atoms with Crippen LogP contribution in [0.1, 0.15) is 130 Å². The Bertz CT molecular complexity index is 2300. The molecule has 0 amide bonds. The molecule has 0 fully saturated rings. The third-order valence-electron chi connectivity index (χ3n) is 11.0. The Morgan fingerprint density at radius 1 is 0.464 bits per heavy atom. The van der Waals surface area contributed by atoms with Crippen molar-refractivity contribution in [3.05, 3.63) is 137 Å². The summed E-state index contributed by atoms with van der Waals surface area (Å²) < 4.78 is 5.86. The first-order chi connectivity index (χ1) is 26.2. The quantitative estimate of drug-likeness (QED) is 0.156. The second kappa shape index (κ2) is 15.5. The molecule has 0 atom stereocenters. The molecule has 0 bridgehead atoms. The maximum absolute atomic E-state index is 5.86. The number of ether oxygens (including phenoxy) is 1. The number of hydrogen-bond donors (Lipinski definition) is 0. The van der Waals surface area contributed by atoms with Gasteiger partial charge in [0.15, 0.2) is 0 Å². The summed E-state index contributed by atoms with van der Waals surface area (Å²) >= 11 is 0. The molecule has 0 saturated carbocycles. The molecule has 0 aliphatic rings. The minimum atomic E-state index is -0.00623. The molecule has 6 rings (SSSR count). The average Bonchev–Trinajstić information content (AvgIpc) is 3.16. The molecule has 0 radical (unpaired) electrons. The van der Waals surface area contributed by atoms with Crippen molar-refractivity contribution >= 4 is 0 Å².